The molecule has 0 saturated carbocycles. The predicted octanol–water partition coefficient (Wildman–Crippen LogP) is 3.12. The third-order valence-corrected chi connectivity index (χ3v) is 5.31. The summed E-state index contributed by atoms with van der Waals surface area (Å²) in [4.78, 5) is 50.7. The summed E-state index contributed by atoms with van der Waals surface area (Å²) in [6.07, 6.45) is -1.12. The van der Waals surface area contributed by atoms with Gasteiger partial charge in [-0.05, 0) is 36.7 Å². The van der Waals surface area contributed by atoms with Crippen molar-refractivity contribution in [2.45, 2.75) is 78.8 Å². The molecule has 194 valence electrons. The summed E-state index contributed by atoms with van der Waals surface area (Å²) in [5, 5.41) is 6.64. The minimum Gasteiger partial charge on any atom is -0.445 e. The second kappa shape index (κ2) is 13.7. The number of carbonyl (C=O) groups is 4. The highest BCUT2D eigenvalue weighted by atomic mass is 16.6. The lowest BCUT2D eigenvalue weighted by molar-refractivity contribution is -0.134. The number of nitrogens with one attached hydrogen (secondary N) is 3. The standard InChI is InChI=1S/C25H38N4O6/c1-6-12-29-25(33)35-23(28-29)21(30)19(13-16(2)3)26-22(31)20(14-17(4)5)27-24(32)34-15-18-10-8-7-9-11-18/h7-11,16-17,19-20,23,28H,6,12-15H2,1-5H3,(H,26,31)(H,27,32)/t19-,20-,23?/m0/s1. The van der Waals surface area contributed by atoms with E-state index in [1.165, 1.54) is 5.01 Å². The number of hydrogen-bond acceptors (Lipinski definition) is 7. The summed E-state index contributed by atoms with van der Waals surface area (Å²) in [6, 6.07) is 7.43. The predicted molar refractivity (Wildman–Crippen MR) is 130 cm³/mol. The van der Waals surface area contributed by atoms with Crippen molar-refractivity contribution in [1.29, 1.82) is 0 Å². The molecule has 1 aliphatic heterocycles. The lowest BCUT2D eigenvalue weighted by Gasteiger charge is -2.25. The quantitative estimate of drug-likeness (QED) is 0.388. The maximum absolute atomic E-state index is 13.2. The highest BCUT2D eigenvalue weighted by Gasteiger charge is 2.39. The van der Waals surface area contributed by atoms with Crippen LogP contribution >= 0.6 is 0 Å². The van der Waals surface area contributed by atoms with Crippen molar-refractivity contribution in [2.75, 3.05) is 6.54 Å². The maximum atomic E-state index is 13.2. The van der Waals surface area contributed by atoms with Gasteiger partial charge in [0.1, 0.15) is 12.6 Å². The zero-order valence-electron chi connectivity index (χ0n) is 21.2. The first-order chi connectivity index (χ1) is 16.6. The smallest absolute Gasteiger partial charge is 0.426 e. The van der Waals surface area contributed by atoms with Crippen molar-refractivity contribution in [1.82, 2.24) is 21.1 Å². The van der Waals surface area contributed by atoms with Gasteiger partial charge in [-0.25, -0.2) is 14.6 Å². The van der Waals surface area contributed by atoms with Crippen LogP contribution in [0.3, 0.4) is 0 Å². The molecular weight excluding hydrogens is 452 g/mol. The maximum Gasteiger partial charge on any atom is 0.426 e. The molecule has 1 aromatic carbocycles. The van der Waals surface area contributed by atoms with E-state index < -0.39 is 42.2 Å². The van der Waals surface area contributed by atoms with E-state index in [1.54, 1.807) is 0 Å². The number of hydrogen-bond donors (Lipinski definition) is 3. The van der Waals surface area contributed by atoms with Crippen molar-refractivity contribution in [3.63, 3.8) is 0 Å². The first kappa shape index (κ1) is 28.1. The van der Waals surface area contributed by atoms with Gasteiger partial charge in [0.25, 0.3) is 0 Å². The Morgan fingerprint density at radius 2 is 1.66 bits per heavy atom. The number of nitrogens with zero attached hydrogens (tertiary/aromatic N) is 1. The second-order valence-corrected chi connectivity index (χ2v) is 9.53. The van der Waals surface area contributed by atoms with Crippen LogP contribution in [0.15, 0.2) is 30.3 Å². The van der Waals surface area contributed by atoms with Crippen LogP contribution in [0, 0.1) is 11.8 Å². The van der Waals surface area contributed by atoms with E-state index in [4.69, 9.17) is 9.47 Å². The van der Waals surface area contributed by atoms with Gasteiger partial charge in [0.2, 0.25) is 17.9 Å². The highest BCUT2D eigenvalue weighted by Crippen LogP contribution is 2.15. The Labute approximate surface area is 207 Å². The van der Waals surface area contributed by atoms with Crippen LogP contribution in [0.4, 0.5) is 9.59 Å². The Morgan fingerprint density at radius 1 is 1.03 bits per heavy atom. The SMILES string of the molecule is CCCN1NC(C(=O)[C@H](CC(C)C)NC(=O)[C@H](CC(C)C)NC(=O)OCc2ccccc2)OC1=O. The van der Waals surface area contributed by atoms with Gasteiger partial charge in [0.15, 0.2) is 0 Å². The van der Waals surface area contributed by atoms with Crippen LogP contribution in [-0.2, 0) is 25.7 Å². The number of carbonyl (C=O) groups excluding carboxylic acids is 4. The third kappa shape index (κ3) is 9.20. The topological polar surface area (TPSA) is 126 Å². The minimum atomic E-state index is -1.18. The molecule has 10 nitrogen and oxygen atoms in total. The Bertz CT molecular complexity index is 861. The number of rotatable bonds is 13. The van der Waals surface area contributed by atoms with Crippen LogP contribution in [0.1, 0.15) is 59.4 Å². The van der Waals surface area contributed by atoms with E-state index in [2.05, 4.69) is 16.1 Å². The minimum absolute atomic E-state index is 0.0735. The number of Topliss-reactive ketones (excluding diaryl/α,β-unsaturated/α-hetero) is 1. The van der Waals surface area contributed by atoms with Gasteiger partial charge < -0.3 is 20.1 Å². The van der Waals surface area contributed by atoms with Crippen LogP contribution in [0.5, 0.6) is 0 Å². The Morgan fingerprint density at radius 3 is 2.26 bits per heavy atom. The van der Waals surface area contributed by atoms with Gasteiger partial charge >= 0.3 is 12.2 Å². The molecule has 3 N–H and O–H groups in total. The molecule has 2 rings (SSSR count). The normalized spacial score (nSPS) is 17.2. The molecule has 0 bridgehead atoms. The molecule has 3 amide bonds. The largest absolute Gasteiger partial charge is 0.445 e. The zero-order valence-corrected chi connectivity index (χ0v) is 21.2. The number of ketones is 1. The van der Waals surface area contributed by atoms with Crippen molar-refractivity contribution in [3.8, 4) is 0 Å². The molecule has 10 heteroatoms. The molecule has 1 heterocycles. The fourth-order valence-corrected chi connectivity index (χ4v) is 3.67. The van der Waals surface area contributed by atoms with Crippen LogP contribution in [0.2, 0.25) is 0 Å². The third-order valence-electron chi connectivity index (χ3n) is 5.31. The molecular formula is C25H38N4O6. The Balaban J connectivity index is 2.04. The summed E-state index contributed by atoms with van der Waals surface area (Å²) in [5.74, 6) is -0.766. The van der Waals surface area contributed by atoms with Gasteiger partial charge in [0, 0.05) is 6.54 Å². The van der Waals surface area contributed by atoms with Gasteiger partial charge in [-0.15, -0.1) is 0 Å². The zero-order chi connectivity index (χ0) is 26.0. The fourth-order valence-electron chi connectivity index (χ4n) is 3.67. The highest BCUT2D eigenvalue weighted by molar-refractivity contribution is 5.95. The molecule has 0 radical (unpaired) electrons. The van der Waals surface area contributed by atoms with Crippen molar-refractivity contribution in [2.24, 2.45) is 11.8 Å². The molecule has 3 atom stereocenters. The number of hydrazine groups is 1. The van der Waals surface area contributed by atoms with Gasteiger partial charge in [-0.2, -0.15) is 5.43 Å². The number of ether oxygens (including phenoxy) is 2. The Kier molecular flexibility index (Phi) is 11.0. The number of amides is 3. The monoisotopic (exact) mass is 490 g/mol. The van der Waals surface area contributed by atoms with Gasteiger partial charge in [-0.3, -0.25) is 9.59 Å². The number of alkyl carbamates (subject to hydrolysis) is 1. The number of cyclic esters (lactones) is 1. The van der Waals surface area contributed by atoms with Crippen molar-refractivity contribution in [3.05, 3.63) is 35.9 Å². The van der Waals surface area contributed by atoms with Crippen molar-refractivity contribution < 1.29 is 28.7 Å². The molecule has 1 saturated heterocycles. The van der Waals surface area contributed by atoms with Gasteiger partial charge in [0.05, 0.1) is 6.04 Å². The van der Waals surface area contributed by atoms with E-state index in [9.17, 15) is 19.2 Å². The van der Waals surface area contributed by atoms with E-state index in [0.29, 0.717) is 25.8 Å². The molecule has 0 aliphatic carbocycles. The van der Waals surface area contributed by atoms with Crippen LogP contribution in [-0.4, -0.2) is 53.7 Å². The molecule has 35 heavy (non-hydrogen) atoms. The molecule has 1 fully saturated rings. The number of benzene rings is 1. The molecule has 0 aromatic heterocycles. The molecule has 1 aromatic rings. The average molecular weight is 491 g/mol. The lowest BCUT2D eigenvalue weighted by Crippen LogP contribution is -2.55. The summed E-state index contributed by atoms with van der Waals surface area (Å²) < 4.78 is 10.4. The van der Waals surface area contributed by atoms with Crippen molar-refractivity contribution >= 4 is 23.9 Å². The summed E-state index contributed by atoms with van der Waals surface area (Å²) in [5.41, 5.74) is 3.59. The first-order valence-electron chi connectivity index (χ1n) is 12.2. The summed E-state index contributed by atoms with van der Waals surface area (Å²) >= 11 is 0. The van der Waals surface area contributed by atoms with E-state index in [-0.39, 0.29) is 18.4 Å². The molecule has 1 aliphatic rings. The van der Waals surface area contributed by atoms with E-state index in [0.717, 1.165) is 5.56 Å². The molecule has 0 spiro atoms. The van der Waals surface area contributed by atoms with E-state index in [1.807, 2.05) is 65.0 Å². The lowest BCUT2D eigenvalue weighted by atomic mass is 9.97. The molecule has 1 unspecified atom stereocenters. The Hall–Kier alpha value is -3.14. The van der Waals surface area contributed by atoms with Crippen LogP contribution in [0.25, 0.3) is 0 Å². The summed E-state index contributed by atoms with van der Waals surface area (Å²) in [6.45, 7) is 10.1. The van der Waals surface area contributed by atoms with Crippen LogP contribution < -0.4 is 16.1 Å². The second-order valence-electron chi connectivity index (χ2n) is 9.53. The first-order valence-corrected chi connectivity index (χ1v) is 12.2. The fraction of sp³-hybridized carbons (Fsp3) is 0.600. The van der Waals surface area contributed by atoms with E-state index >= 15 is 0 Å². The average Bonchev–Trinajstić information content (AvgIpc) is 3.17. The summed E-state index contributed by atoms with van der Waals surface area (Å²) in [7, 11) is 0. The van der Waals surface area contributed by atoms with Gasteiger partial charge in [-0.1, -0.05) is 65.0 Å².